The van der Waals surface area contributed by atoms with Gasteiger partial charge >= 0.3 is 5.97 Å². The molecule has 0 bridgehead atoms. The molecule has 3 heterocycles. The maximum Gasteiger partial charge on any atom is 0.304 e. The van der Waals surface area contributed by atoms with Gasteiger partial charge in [-0.15, -0.1) is 0 Å². The fourth-order valence-electron chi connectivity index (χ4n) is 7.83. The van der Waals surface area contributed by atoms with Crippen molar-refractivity contribution in [2.45, 2.75) is 76.3 Å². The van der Waals surface area contributed by atoms with Crippen LogP contribution < -0.4 is 9.80 Å². The smallest absolute Gasteiger partial charge is 0.304 e. The van der Waals surface area contributed by atoms with Gasteiger partial charge in [-0.3, -0.25) is 24.1 Å². The third kappa shape index (κ3) is 6.41. The van der Waals surface area contributed by atoms with E-state index in [0.29, 0.717) is 23.5 Å². The number of para-hydroxylation sites is 1. The zero-order valence-corrected chi connectivity index (χ0v) is 29.2. The summed E-state index contributed by atoms with van der Waals surface area (Å²) in [7, 11) is -3.00. The van der Waals surface area contributed by atoms with Crippen LogP contribution in [0.4, 0.5) is 11.4 Å². The van der Waals surface area contributed by atoms with Gasteiger partial charge in [0.05, 0.1) is 37.8 Å². The molecule has 258 valence electrons. The van der Waals surface area contributed by atoms with Crippen molar-refractivity contribution in [1.29, 1.82) is 0 Å². The van der Waals surface area contributed by atoms with Crippen LogP contribution in [-0.4, -0.2) is 72.3 Å². The lowest BCUT2D eigenvalue weighted by molar-refractivity contribution is -0.154. The Balaban J connectivity index is 1.26. The van der Waals surface area contributed by atoms with Crippen molar-refractivity contribution in [3.63, 3.8) is 0 Å². The number of aliphatic hydroxyl groups is 1. The second-order valence-electron chi connectivity index (χ2n) is 13.7. The monoisotopic (exact) mass is 685 g/mol. The highest BCUT2D eigenvalue weighted by molar-refractivity contribution is 6.71. The zero-order chi connectivity index (χ0) is 35.1. The number of nitrogens with zero attached hydrogens (tertiary/aromatic N) is 3. The fraction of sp³-hybridized carbons (Fsp3) is 0.405. The molecule has 6 rings (SSSR count). The number of benzene rings is 3. The first-order valence-corrected chi connectivity index (χ1v) is 19.7. The number of esters is 1. The SMILES string of the molecule is CC(=O)OC1CC(=O)N1c1ccc(CN2C(=O)[C@@]3(O[C@@H](CC(=O)N(CCO)Cc4ccccc4)[C@H]([Si](C)(C)O)[C@H]3C)c3ccccc32)cc1. The quantitative estimate of drug-likeness (QED) is 0.175. The zero-order valence-electron chi connectivity index (χ0n) is 28.2. The number of carbonyl (C=O) groups excluding carboxylic acids is 4. The minimum Gasteiger partial charge on any atom is -0.441 e. The molecule has 49 heavy (non-hydrogen) atoms. The van der Waals surface area contributed by atoms with Gasteiger partial charge < -0.3 is 29.2 Å². The van der Waals surface area contributed by atoms with E-state index in [2.05, 4.69) is 0 Å². The van der Waals surface area contributed by atoms with Crippen LogP contribution in [0.2, 0.25) is 18.6 Å². The summed E-state index contributed by atoms with van der Waals surface area (Å²) in [6.45, 7) is 7.39. The van der Waals surface area contributed by atoms with Crippen LogP contribution in [0, 0.1) is 5.92 Å². The summed E-state index contributed by atoms with van der Waals surface area (Å²) in [5, 5.41) is 9.78. The van der Waals surface area contributed by atoms with Gasteiger partial charge in [-0.05, 0) is 42.4 Å². The van der Waals surface area contributed by atoms with Gasteiger partial charge in [0.1, 0.15) is 0 Å². The Labute approximate surface area is 287 Å². The Kier molecular flexibility index (Phi) is 9.51. The van der Waals surface area contributed by atoms with Crippen LogP contribution in [0.3, 0.4) is 0 Å². The molecule has 11 nitrogen and oxygen atoms in total. The number of hydrogen-bond acceptors (Lipinski definition) is 8. The molecule has 3 aromatic rings. The first kappa shape index (κ1) is 34.5. The second-order valence-corrected chi connectivity index (χ2v) is 17.7. The summed E-state index contributed by atoms with van der Waals surface area (Å²) in [5.41, 5.74) is 1.91. The molecule has 3 amide bonds. The molecule has 12 heteroatoms. The van der Waals surface area contributed by atoms with Gasteiger partial charge in [-0.25, -0.2) is 0 Å². The maximum atomic E-state index is 14.7. The van der Waals surface area contributed by atoms with E-state index in [1.165, 1.54) is 11.8 Å². The first-order valence-electron chi connectivity index (χ1n) is 16.7. The Bertz CT molecular complexity index is 1730. The van der Waals surface area contributed by atoms with Crippen LogP contribution in [0.1, 0.15) is 43.4 Å². The van der Waals surface area contributed by atoms with Crippen molar-refractivity contribution < 1.29 is 38.6 Å². The van der Waals surface area contributed by atoms with E-state index in [9.17, 15) is 29.1 Å². The summed E-state index contributed by atoms with van der Waals surface area (Å²) >= 11 is 0. The molecular weight excluding hydrogens is 643 g/mol. The van der Waals surface area contributed by atoms with E-state index in [1.807, 2.05) is 86.7 Å². The summed E-state index contributed by atoms with van der Waals surface area (Å²) in [6.07, 6.45) is -1.26. The van der Waals surface area contributed by atoms with Crippen molar-refractivity contribution in [3.8, 4) is 0 Å². The van der Waals surface area contributed by atoms with Crippen LogP contribution in [-0.2, 0) is 47.3 Å². The number of anilines is 2. The third-order valence-corrected chi connectivity index (χ3v) is 12.5. The van der Waals surface area contributed by atoms with Gasteiger partial charge in [0.25, 0.3) is 5.91 Å². The predicted octanol–water partition coefficient (Wildman–Crippen LogP) is 4.07. The normalized spacial score (nSPS) is 24.6. The predicted molar refractivity (Wildman–Crippen MR) is 184 cm³/mol. The van der Waals surface area contributed by atoms with Gasteiger partial charge in [-0.2, -0.15) is 0 Å². The molecule has 0 aromatic heterocycles. The Morgan fingerprint density at radius 1 is 1.00 bits per heavy atom. The lowest BCUT2D eigenvalue weighted by Gasteiger charge is -2.39. The third-order valence-electron chi connectivity index (χ3n) is 9.97. The molecule has 0 radical (unpaired) electrons. The average Bonchev–Trinajstić information content (AvgIpc) is 3.48. The fourth-order valence-corrected chi connectivity index (χ4v) is 10.4. The number of β-lactam (4-membered cyclic amide) rings is 1. The van der Waals surface area contributed by atoms with Gasteiger partial charge in [0, 0.05) is 42.7 Å². The standard InChI is InChI=1S/C37H43N3O8Si/c1-24-35(49(3,4)46)31(20-32(43)38(18-19-41)22-26-10-6-5-7-11-26)48-37(24)29-12-8-9-13-30(29)39(36(37)45)23-27-14-16-28(17-15-27)40-33(44)21-34(40)47-25(2)42/h5-17,24,31,34-35,41,46H,18-23H2,1-4H3/t24-,31+,34?,35-,37+/m1/s1. The summed E-state index contributed by atoms with van der Waals surface area (Å²) in [4.78, 5) is 68.6. The molecule has 0 saturated carbocycles. The number of rotatable bonds is 11. The van der Waals surface area contributed by atoms with Crippen molar-refractivity contribution in [3.05, 3.63) is 95.6 Å². The summed E-state index contributed by atoms with van der Waals surface area (Å²) in [6, 6.07) is 24.3. The highest BCUT2D eigenvalue weighted by Gasteiger charge is 2.66. The number of fused-ring (bicyclic) bond motifs is 2. The summed E-state index contributed by atoms with van der Waals surface area (Å²) in [5.74, 6) is -1.52. The molecule has 2 N–H and O–H groups in total. The molecule has 2 saturated heterocycles. The maximum absolute atomic E-state index is 14.7. The van der Waals surface area contributed by atoms with E-state index in [1.54, 1.807) is 21.9 Å². The van der Waals surface area contributed by atoms with Gasteiger partial charge in [-0.1, -0.05) is 67.6 Å². The number of aliphatic hydroxyl groups excluding tert-OH is 1. The Hall–Kier alpha value is -4.36. The topological polar surface area (TPSA) is 137 Å². The number of carbonyl (C=O) groups is 4. The molecule has 3 aromatic carbocycles. The Morgan fingerprint density at radius 3 is 2.31 bits per heavy atom. The largest absolute Gasteiger partial charge is 0.441 e. The molecule has 1 spiro atoms. The summed E-state index contributed by atoms with van der Waals surface area (Å²) < 4.78 is 12.1. The first-order chi connectivity index (χ1) is 23.3. The van der Waals surface area contributed by atoms with E-state index in [0.717, 1.165) is 11.1 Å². The molecule has 2 fully saturated rings. The van der Waals surface area contributed by atoms with E-state index in [-0.39, 0.29) is 50.3 Å². The average molecular weight is 686 g/mol. The van der Waals surface area contributed by atoms with E-state index in [4.69, 9.17) is 9.47 Å². The minimum atomic E-state index is -3.00. The molecule has 5 atom stereocenters. The molecular formula is C37H43N3O8Si. The highest BCUT2D eigenvalue weighted by Crippen LogP contribution is 2.59. The molecule has 3 aliphatic rings. The molecule has 3 aliphatic heterocycles. The van der Waals surface area contributed by atoms with E-state index < -0.39 is 43.7 Å². The van der Waals surface area contributed by atoms with E-state index >= 15 is 0 Å². The van der Waals surface area contributed by atoms with Gasteiger partial charge in [0.2, 0.25) is 11.8 Å². The lowest BCUT2D eigenvalue weighted by Crippen LogP contribution is -2.54. The van der Waals surface area contributed by atoms with Crippen LogP contribution in [0.15, 0.2) is 78.9 Å². The van der Waals surface area contributed by atoms with Crippen molar-refractivity contribution in [2.75, 3.05) is 23.0 Å². The number of amides is 3. The van der Waals surface area contributed by atoms with Crippen LogP contribution in [0.25, 0.3) is 0 Å². The minimum absolute atomic E-state index is 0.0406. The number of hydrogen-bond donors (Lipinski definition) is 2. The van der Waals surface area contributed by atoms with Crippen molar-refractivity contribution >= 4 is 43.4 Å². The lowest BCUT2D eigenvalue weighted by atomic mass is 9.82. The van der Waals surface area contributed by atoms with Crippen molar-refractivity contribution in [1.82, 2.24) is 4.90 Å². The van der Waals surface area contributed by atoms with Gasteiger partial charge in [0.15, 0.2) is 20.1 Å². The molecule has 0 aliphatic carbocycles. The van der Waals surface area contributed by atoms with Crippen molar-refractivity contribution in [2.24, 2.45) is 5.92 Å². The Morgan fingerprint density at radius 2 is 1.67 bits per heavy atom. The second kappa shape index (κ2) is 13.5. The molecule has 1 unspecified atom stereocenters. The van der Waals surface area contributed by atoms with Crippen LogP contribution in [0.5, 0.6) is 0 Å². The number of ether oxygens (including phenoxy) is 2. The highest BCUT2D eigenvalue weighted by atomic mass is 28.4. The van der Waals surface area contributed by atoms with Crippen LogP contribution >= 0.6 is 0 Å².